The van der Waals surface area contributed by atoms with Gasteiger partial charge in [0.2, 0.25) is 5.91 Å². The van der Waals surface area contributed by atoms with Gasteiger partial charge in [0.05, 0.1) is 27.8 Å². The van der Waals surface area contributed by atoms with E-state index in [0.717, 1.165) is 10.4 Å². The van der Waals surface area contributed by atoms with Crippen LogP contribution in [0.1, 0.15) is 84.1 Å². The van der Waals surface area contributed by atoms with Crippen LogP contribution in [0.2, 0.25) is 0 Å². The van der Waals surface area contributed by atoms with Gasteiger partial charge in [0.1, 0.15) is 0 Å². The van der Waals surface area contributed by atoms with Gasteiger partial charge in [-0.05, 0) is 58.7 Å². The lowest BCUT2D eigenvalue weighted by atomic mass is 9.90. The molecule has 0 saturated heterocycles. The number of nitrogens with two attached hydrogens (primary N) is 1. The van der Waals surface area contributed by atoms with E-state index in [1.54, 1.807) is 45.1 Å². The summed E-state index contributed by atoms with van der Waals surface area (Å²) in [5.41, 5.74) is 6.78. The Hall–Kier alpha value is -3.14. The van der Waals surface area contributed by atoms with Crippen LogP contribution in [0.4, 0.5) is 21.0 Å². The number of ether oxygens (including phenoxy) is 2. The van der Waals surface area contributed by atoms with E-state index in [1.807, 2.05) is 25.3 Å². The average Bonchev–Trinajstić information content (AvgIpc) is 3.29. The molecule has 198 valence electrons. The standard InChI is InChI=1S/C22H29N3O3S.C4H9NO2/c1-4-20(26)25-18-12-16(24-22(27)28-14(2)3)10-11-17(18)19-13-23-21(29-19)15-8-6-5-7-9-15;1-3(2)7-4(5)6/h10-15H,4-9H2,1-3H3,(H,24,27)(H,25,26);3H,1-2H3,(H2,5,6). The number of thiazole rings is 1. The molecule has 3 amide bonds. The lowest BCUT2D eigenvalue weighted by Gasteiger charge is -2.19. The van der Waals surface area contributed by atoms with Crippen LogP contribution in [0.15, 0.2) is 24.4 Å². The smallest absolute Gasteiger partial charge is 0.411 e. The molecule has 36 heavy (non-hydrogen) atoms. The topological polar surface area (TPSA) is 133 Å². The molecule has 0 atom stereocenters. The van der Waals surface area contributed by atoms with Gasteiger partial charge in [-0.3, -0.25) is 10.1 Å². The second-order valence-electron chi connectivity index (χ2n) is 9.12. The Bertz CT molecular complexity index is 1020. The van der Waals surface area contributed by atoms with Crippen LogP contribution < -0.4 is 16.4 Å². The van der Waals surface area contributed by atoms with Gasteiger partial charge in [-0.15, -0.1) is 11.3 Å². The Labute approximate surface area is 217 Å². The van der Waals surface area contributed by atoms with Crippen LogP contribution in [-0.2, 0) is 14.3 Å². The van der Waals surface area contributed by atoms with Gasteiger partial charge in [0.25, 0.3) is 0 Å². The van der Waals surface area contributed by atoms with Crippen LogP contribution in [0.3, 0.4) is 0 Å². The van der Waals surface area contributed by atoms with E-state index in [-0.39, 0.29) is 18.1 Å². The van der Waals surface area contributed by atoms with E-state index in [0.29, 0.717) is 23.7 Å². The molecule has 10 heteroatoms. The number of benzene rings is 1. The molecule has 1 aromatic carbocycles. The van der Waals surface area contributed by atoms with Crippen LogP contribution in [0.5, 0.6) is 0 Å². The SMILES string of the molecule is CC(C)OC(N)=O.CCC(=O)Nc1cc(NC(=O)OC(C)C)ccc1-c1cnc(C2CCCCC2)s1. The first-order chi connectivity index (χ1) is 17.1. The third-order valence-electron chi connectivity index (χ3n) is 5.30. The summed E-state index contributed by atoms with van der Waals surface area (Å²) in [6, 6.07) is 5.50. The highest BCUT2D eigenvalue weighted by atomic mass is 32.1. The summed E-state index contributed by atoms with van der Waals surface area (Å²) >= 11 is 1.70. The molecule has 0 unspecified atom stereocenters. The molecule has 3 rings (SSSR count). The van der Waals surface area contributed by atoms with Gasteiger partial charge in [-0.1, -0.05) is 26.2 Å². The number of nitrogens with zero attached hydrogens (tertiary/aromatic N) is 1. The van der Waals surface area contributed by atoms with Crippen molar-refractivity contribution in [3.05, 3.63) is 29.4 Å². The molecule has 1 aromatic heterocycles. The van der Waals surface area contributed by atoms with Crippen LogP contribution >= 0.6 is 11.3 Å². The molecule has 2 aromatic rings. The molecule has 0 radical (unpaired) electrons. The highest BCUT2D eigenvalue weighted by molar-refractivity contribution is 7.15. The quantitative estimate of drug-likeness (QED) is 0.376. The van der Waals surface area contributed by atoms with Crippen molar-refractivity contribution in [3.8, 4) is 10.4 Å². The van der Waals surface area contributed by atoms with E-state index in [1.165, 1.54) is 37.1 Å². The maximum atomic E-state index is 12.1. The number of aromatic nitrogens is 1. The number of carbonyl (C=O) groups excluding carboxylic acids is 3. The lowest BCUT2D eigenvalue weighted by molar-refractivity contribution is -0.115. The van der Waals surface area contributed by atoms with Crippen molar-refractivity contribution >= 4 is 40.8 Å². The van der Waals surface area contributed by atoms with Crippen LogP contribution in [0, 0.1) is 0 Å². The molecule has 4 N–H and O–H groups in total. The number of amides is 3. The summed E-state index contributed by atoms with van der Waals surface area (Å²) in [6.07, 6.45) is 6.99. The molecule has 1 aliphatic rings. The molecule has 9 nitrogen and oxygen atoms in total. The Kier molecular flexibility index (Phi) is 11.7. The molecular weight excluding hydrogens is 480 g/mol. The molecular formula is C26H38N4O5S. The largest absolute Gasteiger partial charge is 0.447 e. The number of anilines is 2. The Morgan fingerprint density at radius 3 is 2.28 bits per heavy atom. The van der Waals surface area contributed by atoms with E-state index in [4.69, 9.17) is 4.74 Å². The van der Waals surface area contributed by atoms with Crippen LogP contribution in [-0.4, -0.2) is 35.3 Å². The second kappa shape index (κ2) is 14.4. The third kappa shape index (κ3) is 9.85. The summed E-state index contributed by atoms with van der Waals surface area (Å²) in [5, 5.41) is 6.84. The predicted octanol–water partition coefficient (Wildman–Crippen LogP) is 6.65. The molecule has 1 aliphatic carbocycles. The first kappa shape index (κ1) is 29.1. The molecule has 1 fully saturated rings. The Morgan fingerprint density at radius 2 is 1.72 bits per heavy atom. The fraction of sp³-hybridized carbons (Fsp3) is 0.538. The molecule has 1 heterocycles. The molecule has 1 saturated carbocycles. The van der Waals surface area contributed by atoms with Gasteiger partial charge >= 0.3 is 12.2 Å². The minimum absolute atomic E-state index is 0.0785. The third-order valence-corrected chi connectivity index (χ3v) is 6.49. The summed E-state index contributed by atoms with van der Waals surface area (Å²) < 4.78 is 9.53. The second-order valence-corrected chi connectivity index (χ2v) is 10.2. The Morgan fingerprint density at radius 1 is 1.06 bits per heavy atom. The first-order valence-electron chi connectivity index (χ1n) is 12.4. The fourth-order valence-corrected chi connectivity index (χ4v) is 4.85. The van der Waals surface area contributed by atoms with Gasteiger partial charge in [-0.25, -0.2) is 14.6 Å². The van der Waals surface area contributed by atoms with E-state index >= 15 is 0 Å². The van der Waals surface area contributed by atoms with Crippen molar-refractivity contribution < 1.29 is 23.9 Å². The fourth-order valence-electron chi connectivity index (χ4n) is 3.72. The van der Waals surface area contributed by atoms with E-state index < -0.39 is 12.2 Å². The number of nitrogens with one attached hydrogen (secondary N) is 2. The zero-order valence-electron chi connectivity index (χ0n) is 21.8. The van der Waals surface area contributed by atoms with Gasteiger partial charge in [0, 0.05) is 29.8 Å². The lowest BCUT2D eigenvalue weighted by Crippen LogP contribution is -2.18. The van der Waals surface area contributed by atoms with Crippen molar-refractivity contribution in [2.45, 2.75) is 91.3 Å². The van der Waals surface area contributed by atoms with Crippen molar-refractivity contribution in [3.63, 3.8) is 0 Å². The van der Waals surface area contributed by atoms with E-state index in [2.05, 4.69) is 26.1 Å². The van der Waals surface area contributed by atoms with Gasteiger partial charge < -0.3 is 20.5 Å². The summed E-state index contributed by atoms with van der Waals surface area (Å²) in [7, 11) is 0. The highest BCUT2D eigenvalue weighted by Crippen LogP contribution is 2.40. The van der Waals surface area contributed by atoms with Crippen molar-refractivity contribution in [2.24, 2.45) is 5.73 Å². The number of primary amides is 1. The summed E-state index contributed by atoms with van der Waals surface area (Å²) in [5.74, 6) is 0.466. The minimum atomic E-state index is -0.713. The van der Waals surface area contributed by atoms with Crippen molar-refractivity contribution in [1.29, 1.82) is 0 Å². The van der Waals surface area contributed by atoms with Crippen molar-refractivity contribution in [2.75, 3.05) is 10.6 Å². The maximum absolute atomic E-state index is 12.1. The number of carbonyl (C=O) groups is 3. The maximum Gasteiger partial charge on any atom is 0.411 e. The van der Waals surface area contributed by atoms with E-state index in [9.17, 15) is 14.4 Å². The molecule has 0 bridgehead atoms. The number of hydrogen-bond donors (Lipinski definition) is 3. The Balaban J connectivity index is 0.000000572. The zero-order valence-corrected chi connectivity index (χ0v) is 22.6. The van der Waals surface area contributed by atoms with Crippen LogP contribution in [0.25, 0.3) is 10.4 Å². The predicted molar refractivity (Wildman–Crippen MR) is 143 cm³/mol. The first-order valence-corrected chi connectivity index (χ1v) is 13.2. The van der Waals surface area contributed by atoms with Gasteiger partial charge in [0.15, 0.2) is 0 Å². The zero-order chi connectivity index (χ0) is 26.7. The molecule has 0 spiro atoms. The average molecular weight is 519 g/mol. The number of hydrogen-bond acceptors (Lipinski definition) is 7. The van der Waals surface area contributed by atoms with Gasteiger partial charge in [-0.2, -0.15) is 0 Å². The molecule has 0 aliphatic heterocycles. The normalized spacial score (nSPS) is 13.5. The number of rotatable bonds is 7. The monoisotopic (exact) mass is 518 g/mol. The summed E-state index contributed by atoms with van der Waals surface area (Å²) in [4.78, 5) is 39.5. The summed E-state index contributed by atoms with van der Waals surface area (Å²) in [6.45, 7) is 8.88. The highest BCUT2D eigenvalue weighted by Gasteiger charge is 2.20. The van der Waals surface area contributed by atoms with Crippen molar-refractivity contribution in [1.82, 2.24) is 4.98 Å². The minimum Gasteiger partial charge on any atom is -0.447 e.